The Morgan fingerprint density at radius 1 is 0.974 bits per heavy atom. The van der Waals surface area contributed by atoms with Gasteiger partial charge < -0.3 is 25.2 Å². The van der Waals surface area contributed by atoms with Crippen molar-refractivity contribution < 1.29 is 33.8 Å². The van der Waals surface area contributed by atoms with Gasteiger partial charge >= 0.3 is 5.97 Å². The number of nitrogens with zero attached hydrogens (tertiary/aromatic N) is 2. The first-order valence-corrected chi connectivity index (χ1v) is 12.6. The molecule has 1 aromatic heterocycles. The number of rotatable bonds is 13. The van der Waals surface area contributed by atoms with Crippen LogP contribution in [0.15, 0.2) is 48.7 Å². The number of carbonyl (C=O) groups excluding carboxylic acids is 3. The second-order valence-corrected chi connectivity index (χ2v) is 9.57. The van der Waals surface area contributed by atoms with E-state index < -0.39 is 54.6 Å². The number of ether oxygens (including phenoxy) is 2. The van der Waals surface area contributed by atoms with Crippen molar-refractivity contribution >= 4 is 57.5 Å². The van der Waals surface area contributed by atoms with Crippen LogP contribution < -0.4 is 20.1 Å². The molecular formula is C26H26Cl2N4O7. The van der Waals surface area contributed by atoms with Crippen LogP contribution in [0.4, 0.5) is 0 Å². The van der Waals surface area contributed by atoms with Gasteiger partial charge in [0.1, 0.15) is 22.9 Å². The highest BCUT2D eigenvalue weighted by molar-refractivity contribution is 6.42. The summed E-state index contributed by atoms with van der Waals surface area (Å²) in [6.45, 7) is 2.35. The number of carbonyl (C=O) groups is 4. The molecule has 206 valence electrons. The summed E-state index contributed by atoms with van der Waals surface area (Å²) in [4.78, 5) is 49.8. The highest BCUT2D eigenvalue weighted by Gasteiger charge is 2.30. The molecule has 0 aliphatic heterocycles. The lowest BCUT2D eigenvalue weighted by molar-refractivity contribution is -0.141. The van der Waals surface area contributed by atoms with E-state index in [1.54, 1.807) is 26.0 Å². The van der Waals surface area contributed by atoms with Gasteiger partial charge in [0.2, 0.25) is 5.91 Å². The zero-order chi connectivity index (χ0) is 28.5. The lowest BCUT2D eigenvalue weighted by Gasteiger charge is -2.24. The van der Waals surface area contributed by atoms with Gasteiger partial charge in [-0.25, -0.2) is 0 Å². The molecule has 11 nitrogen and oxygen atoms in total. The molecule has 0 saturated carbocycles. The highest BCUT2D eigenvalue weighted by Crippen LogP contribution is 2.28. The molecule has 0 aliphatic rings. The Kier molecular flexibility index (Phi) is 10.4. The molecule has 1 heterocycles. The van der Waals surface area contributed by atoms with E-state index >= 15 is 0 Å². The van der Waals surface area contributed by atoms with E-state index in [-0.39, 0.29) is 22.5 Å². The lowest BCUT2D eigenvalue weighted by atomic mass is 10.0. The number of amides is 2. The average molecular weight is 577 g/mol. The monoisotopic (exact) mass is 576 g/mol. The van der Waals surface area contributed by atoms with Crippen LogP contribution in [0.5, 0.6) is 11.6 Å². The SMILES string of the molecule is CC(C)[C@H](NC(=O)COc1cccc2ccccc12)C(=O)N[C@@H](CC(=O)O)C(=O)COc1nncc(Cl)c1Cl. The van der Waals surface area contributed by atoms with Crippen molar-refractivity contribution in [2.75, 3.05) is 13.2 Å². The maximum absolute atomic E-state index is 13.0. The summed E-state index contributed by atoms with van der Waals surface area (Å²) in [5.74, 6) is -3.54. The van der Waals surface area contributed by atoms with Gasteiger partial charge in [-0.15, -0.1) is 5.10 Å². The summed E-state index contributed by atoms with van der Waals surface area (Å²) in [7, 11) is 0. The molecule has 0 saturated heterocycles. The minimum atomic E-state index is -1.45. The third-order valence-corrected chi connectivity index (χ3v) is 6.27. The van der Waals surface area contributed by atoms with Crippen LogP contribution in [0.25, 0.3) is 10.8 Å². The number of benzene rings is 2. The average Bonchev–Trinajstić information content (AvgIpc) is 2.90. The van der Waals surface area contributed by atoms with E-state index in [2.05, 4.69) is 20.8 Å². The van der Waals surface area contributed by atoms with Crippen molar-refractivity contribution in [3.05, 3.63) is 58.7 Å². The molecule has 0 unspecified atom stereocenters. The first kappa shape index (κ1) is 29.6. The Morgan fingerprint density at radius 2 is 1.69 bits per heavy atom. The second-order valence-electron chi connectivity index (χ2n) is 8.78. The molecule has 39 heavy (non-hydrogen) atoms. The Labute approximate surface area is 233 Å². The highest BCUT2D eigenvalue weighted by atomic mass is 35.5. The standard InChI is InChI=1S/C26H26Cl2N4O7/c1-14(2)24(31-21(34)13-38-20-9-5-7-15-6-3-4-8-16(15)20)25(37)30-18(10-22(35)36)19(33)12-39-26-23(28)17(27)11-29-32-26/h3-9,11,14,18,24H,10,12-13H2,1-2H3,(H,30,37)(H,31,34)(H,35,36)/t18-,24-/m0/s1. The smallest absolute Gasteiger partial charge is 0.305 e. The number of fused-ring (bicyclic) bond motifs is 1. The van der Waals surface area contributed by atoms with Gasteiger partial charge in [0.15, 0.2) is 19.0 Å². The Bertz CT molecular complexity index is 1360. The zero-order valence-electron chi connectivity index (χ0n) is 21.0. The summed E-state index contributed by atoms with van der Waals surface area (Å²) in [6.07, 6.45) is 0.464. The molecule has 3 aromatic rings. The predicted octanol–water partition coefficient (Wildman–Crippen LogP) is 3.06. The van der Waals surface area contributed by atoms with Gasteiger partial charge in [0.25, 0.3) is 11.8 Å². The minimum absolute atomic E-state index is 0.0458. The Morgan fingerprint density at radius 3 is 2.41 bits per heavy atom. The maximum Gasteiger partial charge on any atom is 0.305 e. The van der Waals surface area contributed by atoms with E-state index in [0.717, 1.165) is 10.8 Å². The fraction of sp³-hybridized carbons (Fsp3) is 0.308. The minimum Gasteiger partial charge on any atom is -0.483 e. The summed E-state index contributed by atoms with van der Waals surface area (Å²) in [6, 6.07) is 10.4. The molecular weight excluding hydrogens is 551 g/mol. The summed E-state index contributed by atoms with van der Waals surface area (Å²) in [5, 5.41) is 23.2. The Balaban J connectivity index is 1.63. The van der Waals surface area contributed by atoms with Crippen LogP contribution in [0.3, 0.4) is 0 Å². The summed E-state index contributed by atoms with van der Waals surface area (Å²) < 4.78 is 10.9. The quantitative estimate of drug-likeness (QED) is 0.278. The van der Waals surface area contributed by atoms with E-state index in [0.29, 0.717) is 5.75 Å². The number of carboxylic acid groups (broad SMARTS) is 1. The number of ketones is 1. The van der Waals surface area contributed by atoms with Crippen molar-refractivity contribution in [3.8, 4) is 11.6 Å². The van der Waals surface area contributed by atoms with E-state index in [1.165, 1.54) is 6.20 Å². The van der Waals surface area contributed by atoms with Crippen LogP contribution >= 0.6 is 23.2 Å². The van der Waals surface area contributed by atoms with Crippen molar-refractivity contribution in [1.29, 1.82) is 0 Å². The number of aliphatic carboxylic acids is 1. The third kappa shape index (κ3) is 8.26. The van der Waals surface area contributed by atoms with Crippen LogP contribution in [-0.2, 0) is 19.2 Å². The third-order valence-electron chi connectivity index (χ3n) is 5.53. The first-order chi connectivity index (χ1) is 18.6. The molecule has 0 radical (unpaired) electrons. The fourth-order valence-electron chi connectivity index (χ4n) is 3.56. The number of nitrogens with one attached hydrogen (secondary N) is 2. The number of carboxylic acids is 1. The molecule has 2 amide bonds. The number of aromatic nitrogens is 2. The number of hydrogen-bond acceptors (Lipinski definition) is 8. The molecule has 13 heteroatoms. The van der Waals surface area contributed by atoms with Crippen LogP contribution in [0, 0.1) is 5.92 Å². The van der Waals surface area contributed by atoms with Crippen molar-refractivity contribution in [1.82, 2.24) is 20.8 Å². The molecule has 0 aliphatic carbocycles. The maximum atomic E-state index is 13.0. The van der Waals surface area contributed by atoms with Crippen molar-refractivity contribution in [2.24, 2.45) is 5.92 Å². The van der Waals surface area contributed by atoms with Gasteiger partial charge in [-0.05, 0) is 17.4 Å². The van der Waals surface area contributed by atoms with Gasteiger partial charge in [0, 0.05) is 5.39 Å². The second kappa shape index (κ2) is 13.7. The van der Waals surface area contributed by atoms with Gasteiger partial charge in [-0.3, -0.25) is 19.2 Å². The number of Topliss-reactive ketones (excluding diaryl/α,β-unsaturated/α-hetero) is 1. The van der Waals surface area contributed by atoms with Gasteiger partial charge in [0.05, 0.1) is 17.6 Å². The molecule has 0 bridgehead atoms. The molecule has 0 fully saturated rings. The molecule has 3 N–H and O–H groups in total. The van der Waals surface area contributed by atoms with E-state index in [4.69, 9.17) is 32.7 Å². The van der Waals surface area contributed by atoms with Crippen LogP contribution in [-0.4, -0.2) is 64.2 Å². The van der Waals surface area contributed by atoms with Crippen molar-refractivity contribution in [3.63, 3.8) is 0 Å². The number of halogens is 2. The normalized spacial score (nSPS) is 12.4. The van der Waals surface area contributed by atoms with Gasteiger partial charge in [-0.1, -0.05) is 73.4 Å². The van der Waals surface area contributed by atoms with Gasteiger partial charge in [-0.2, -0.15) is 5.10 Å². The van der Waals surface area contributed by atoms with E-state index in [9.17, 15) is 24.3 Å². The van der Waals surface area contributed by atoms with Crippen LogP contribution in [0.2, 0.25) is 10.0 Å². The fourth-order valence-corrected chi connectivity index (χ4v) is 3.83. The summed E-state index contributed by atoms with van der Waals surface area (Å²) in [5.41, 5.74) is 0. The topological polar surface area (TPSA) is 157 Å². The largest absolute Gasteiger partial charge is 0.483 e. The Hall–Kier alpha value is -3.96. The number of hydrogen-bond donors (Lipinski definition) is 3. The van der Waals surface area contributed by atoms with Crippen molar-refractivity contribution in [2.45, 2.75) is 32.4 Å². The first-order valence-electron chi connectivity index (χ1n) is 11.8. The predicted molar refractivity (Wildman–Crippen MR) is 143 cm³/mol. The lowest BCUT2D eigenvalue weighted by Crippen LogP contribution is -2.55. The molecule has 2 atom stereocenters. The molecule has 3 rings (SSSR count). The summed E-state index contributed by atoms with van der Waals surface area (Å²) >= 11 is 11.8. The molecule has 0 spiro atoms. The molecule has 2 aromatic carbocycles. The van der Waals surface area contributed by atoms with Crippen LogP contribution in [0.1, 0.15) is 20.3 Å². The zero-order valence-corrected chi connectivity index (χ0v) is 22.5. The van der Waals surface area contributed by atoms with E-state index in [1.807, 2.05) is 30.3 Å².